The lowest BCUT2D eigenvalue weighted by atomic mass is 10.2. The number of anilines is 1. The van der Waals surface area contributed by atoms with Gasteiger partial charge in [0, 0.05) is 23.2 Å². The Hall–Kier alpha value is -2.93. The van der Waals surface area contributed by atoms with Crippen molar-refractivity contribution in [2.45, 2.75) is 13.0 Å². The van der Waals surface area contributed by atoms with Crippen LogP contribution in [0, 0.1) is 10.1 Å². The van der Waals surface area contributed by atoms with E-state index < -0.39 is 4.92 Å². The van der Waals surface area contributed by atoms with Crippen molar-refractivity contribution in [1.29, 1.82) is 0 Å². The van der Waals surface area contributed by atoms with Crippen molar-refractivity contribution in [2.24, 2.45) is 0 Å². The minimum Gasteiger partial charge on any atom is -0.459 e. The highest BCUT2D eigenvalue weighted by Gasteiger charge is 2.13. The molecule has 0 aliphatic carbocycles. The molecule has 0 saturated carbocycles. The van der Waals surface area contributed by atoms with Gasteiger partial charge in [-0.15, -0.1) is 0 Å². The van der Waals surface area contributed by atoms with Crippen molar-refractivity contribution < 1.29 is 9.34 Å². The molecule has 0 spiro atoms. The van der Waals surface area contributed by atoms with E-state index in [1.807, 2.05) is 37.3 Å². The first-order valence-corrected chi connectivity index (χ1v) is 7.74. The molecule has 0 amide bonds. The number of non-ortho nitro benzene ring substituents is 1. The van der Waals surface area contributed by atoms with Gasteiger partial charge in [0.15, 0.2) is 5.11 Å². The molecule has 1 aromatic heterocycles. The third kappa shape index (κ3) is 3.52. The van der Waals surface area contributed by atoms with Gasteiger partial charge in [0.1, 0.15) is 11.3 Å². The fraction of sp³-hybridized carbons (Fsp3) is 0.118. The van der Waals surface area contributed by atoms with Crippen molar-refractivity contribution in [2.75, 3.05) is 5.32 Å². The van der Waals surface area contributed by atoms with Crippen molar-refractivity contribution in [3.8, 4) is 0 Å². The molecule has 3 rings (SSSR count). The Morgan fingerprint density at radius 2 is 1.92 bits per heavy atom. The van der Waals surface area contributed by atoms with E-state index in [1.165, 1.54) is 12.1 Å². The van der Waals surface area contributed by atoms with E-state index in [9.17, 15) is 10.1 Å². The second kappa shape index (κ2) is 6.67. The van der Waals surface area contributed by atoms with Crippen LogP contribution in [-0.2, 0) is 0 Å². The van der Waals surface area contributed by atoms with Crippen molar-refractivity contribution >= 4 is 39.7 Å². The van der Waals surface area contributed by atoms with Crippen molar-refractivity contribution in [3.63, 3.8) is 0 Å². The average Bonchev–Trinajstić information content (AvgIpc) is 2.99. The minimum atomic E-state index is -0.440. The quantitative estimate of drug-likeness (QED) is 0.416. The Bertz CT molecular complexity index is 856. The number of fused-ring (bicyclic) bond motifs is 1. The molecule has 0 radical (unpaired) electrons. The summed E-state index contributed by atoms with van der Waals surface area (Å²) < 4.78 is 5.80. The van der Waals surface area contributed by atoms with Gasteiger partial charge in [-0.25, -0.2) is 0 Å². The second-order valence-electron chi connectivity index (χ2n) is 5.31. The van der Waals surface area contributed by atoms with Crippen LogP contribution >= 0.6 is 12.2 Å². The lowest BCUT2D eigenvalue weighted by Gasteiger charge is -2.15. The molecule has 7 heteroatoms. The molecule has 3 aromatic rings. The van der Waals surface area contributed by atoms with Gasteiger partial charge in [-0.3, -0.25) is 10.1 Å². The number of nitro benzene ring substituents is 1. The number of benzene rings is 2. The third-order valence-corrected chi connectivity index (χ3v) is 3.77. The Kier molecular flexibility index (Phi) is 4.43. The molecule has 2 N–H and O–H groups in total. The van der Waals surface area contributed by atoms with Gasteiger partial charge in [0.2, 0.25) is 0 Å². The molecule has 1 atom stereocenters. The lowest BCUT2D eigenvalue weighted by molar-refractivity contribution is -0.384. The lowest BCUT2D eigenvalue weighted by Crippen LogP contribution is -2.30. The molecule has 1 heterocycles. The summed E-state index contributed by atoms with van der Waals surface area (Å²) in [6, 6.07) is 15.7. The van der Waals surface area contributed by atoms with E-state index in [0.717, 1.165) is 16.7 Å². The topological polar surface area (TPSA) is 80.3 Å². The van der Waals surface area contributed by atoms with Gasteiger partial charge in [-0.1, -0.05) is 18.2 Å². The van der Waals surface area contributed by atoms with Crippen LogP contribution in [-0.4, -0.2) is 10.0 Å². The monoisotopic (exact) mass is 341 g/mol. The maximum Gasteiger partial charge on any atom is 0.269 e. The number of furan rings is 1. The standard InChI is InChI=1S/C17H15N3O3S/c1-11(16-10-12-4-2-3-5-15(12)23-16)18-17(24)19-13-6-8-14(9-7-13)20(21)22/h2-11H,1H3,(H2,18,19,24)/t11-/m1/s1. The van der Waals surface area contributed by atoms with E-state index >= 15 is 0 Å². The summed E-state index contributed by atoms with van der Waals surface area (Å²) in [6.45, 7) is 1.95. The first-order chi connectivity index (χ1) is 11.5. The van der Waals surface area contributed by atoms with Crippen molar-refractivity contribution in [1.82, 2.24) is 5.32 Å². The zero-order valence-corrected chi connectivity index (χ0v) is 13.7. The van der Waals surface area contributed by atoms with Crippen molar-refractivity contribution in [3.05, 3.63) is 70.5 Å². The molecule has 0 bridgehead atoms. The molecular formula is C17H15N3O3S. The van der Waals surface area contributed by atoms with Crippen LogP contribution < -0.4 is 10.6 Å². The highest BCUT2D eigenvalue weighted by atomic mass is 32.1. The Morgan fingerprint density at radius 3 is 2.58 bits per heavy atom. The molecule has 122 valence electrons. The number of nitrogens with one attached hydrogen (secondary N) is 2. The van der Waals surface area contributed by atoms with Crippen LogP contribution in [0.5, 0.6) is 0 Å². The zero-order valence-electron chi connectivity index (χ0n) is 12.9. The summed E-state index contributed by atoms with van der Waals surface area (Å²) in [5.74, 6) is 0.782. The van der Waals surface area contributed by atoms with E-state index in [0.29, 0.717) is 10.8 Å². The molecular weight excluding hydrogens is 326 g/mol. The third-order valence-electron chi connectivity index (χ3n) is 3.55. The normalized spacial score (nSPS) is 11.9. The molecule has 0 unspecified atom stereocenters. The predicted molar refractivity (Wildman–Crippen MR) is 97.1 cm³/mol. The van der Waals surface area contributed by atoms with E-state index in [1.54, 1.807) is 12.1 Å². The minimum absolute atomic E-state index is 0.0371. The maximum absolute atomic E-state index is 10.6. The highest BCUT2D eigenvalue weighted by molar-refractivity contribution is 7.80. The molecule has 0 aliphatic heterocycles. The van der Waals surface area contributed by atoms with Gasteiger partial charge in [0.05, 0.1) is 11.0 Å². The molecule has 0 aliphatic rings. The largest absolute Gasteiger partial charge is 0.459 e. The summed E-state index contributed by atoms with van der Waals surface area (Å²) in [6.07, 6.45) is 0. The van der Waals surface area contributed by atoms with Crippen LogP contribution in [0.25, 0.3) is 11.0 Å². The van der Waals surface area contributed by atoms with Gasteiger partial charge >= 0.3 is 0 Å². The fourth-order valence-electron chi connectivity index (χ4n) is 2.32. The van der Waals surface area contributed by atoms with E-state index in [2.05, 4.69) is 10.6 Å². The molecule has 0 fully saturated rings. The van der Waals surface area contributed by atoms with Gasteiger partial charge < -0.3 is 15.1 Å². The number of nitrogens with zero attached hydrogens (tertiary/aromatic N) is 1. The number of hydrogen-bond donors (Lipinski definition) is 2. The summed E-state index contributed by atoms with van der Waals surface area (Å²) in [4.78, 5) is 10.2. The summed E-state index contributed by atoms with van der Waals surface area (Å²) in [5.41, 5.74) is 1.54. The average molecular weight is 341 g/mol. The summed E-state index contributed by atoms with van der Waals surface area (Å²) in [5, 5.41) is 18.2. The van der Waals surface area contributed by atoms with Crippen LogP contribution in [0.15, 0.2) is 59.0 Å². The Morgan fingerprint density at radius 1 is 1.21 bits per heavy atom. The van der Waals surface area contributed by atoms with Crippen LogP contribution in [0.4, 0.5) is 11.4 Å². The predicted octanol–water partition coefficient (Wildman–Crippen LogP) is 4.39. The molecule has 0 saturated heterocycles. The van der Waals surface area contributed by atoms with Crippen LogP contribution in [0.1, 0.15) is 18.7 Å². The fourth-order valence-corrected chi connectivity index (χ4v) is 2.61. The summed E-state index contributed by atoms with van der Waals surface area (Å²) >= 11 is 5.28. The van der Waals surface area contributed by atoms with Gasteiger partial charge in [0.25, 0.3) is 5.69 Å². The second-order valence-corrected chi connectivity index (χ2v) is 5.72. The van der Waals surface area contributed by atoms with Crippen LogP contribution in [0.3, 0.4) is 0 Å². The zero-order chi connectivity index (χ0) is 17.1. The SMILES string of the molecule is C[C@@H](NC(=S)Nc1ccc([N+](=O)[O-])cc1)c1cc2ccccc2o1. The van der Waals surface area contributed by atoms with Gasteiger partial charge in [-0.05, 0) is 43.4 Å². The molecule has 2 aromatic carbocycles. The number of thiocarbonyl (C=S) groups is 1. The maximum atomic E-state index is 10.6. The number of nitro groups is 1. The van der Waals surface area contributed by atoms with Crippen LogP contribution in [0.2, 0.25) is 0 Å². The number of para-hydroxylation sites is 1. The van der Waals surface area contributed by atoms with E-state index in [4.69, 9.17) is 16.6 Å². The van der Waals surface area contributed by atoms with Gasteiger partial charge in [-0.2, -0.15) is 0 Å². The number of hydrogen-bond acceptors (Lipinski definition) is 4. The Labute approximate surface area is 143 Å². The smallest absolute Gasteiger partial charge is 0.269 e. The first-order valence-electron chi connectivity index (χ1n) is 7.33. The van der Waals surface area contributed by atoms with E-state index in [-0.39, 0.29) is 11.7 Å². The Balaban J connectivity index is 1.64. The molecule has 24 heavy (non-hydrogen) atoms. The highest BCUT2D eigenvalue weighted by Crippen LogP contribution is 2.23. The number of rotatable bonds is 4. The molecule has 6 nitrogen and oxygen atoms in total. The summed E-state index contributed by atoms with van der Waals surface area (Å²) in [7, 11) is 0. The first kappa shape index (κ1) is 15.9.